The van der Waals surface area contributed by atoms with Gasteiger partial charge in [0.2, 0.25) is 17.7 Å². The first kappa shape index (κ1) is 19.4. The molecule has 1 heterocycles. The van der Waals surface area contributed by atoms with Crippen molar-refractivity contribution in [2.75, 3.05) is 26.0 Å². The third-order valence-electron chi connectivity index (χ3n) is 5.12. The Labute approximate surface area is 162 Å². The molecule has 2 atom stereocenters. The zero-order valence-corrected chi connectivity index (χ0v) is 16.1. The number of carbonyl (C=O) groups is 4. The van der Waals surface area contributed by atoms with E-state index in [0.717, 1.165) is 17.7 Å². The maximum Gasteiger partial charge on any atom is 0.254 e. The van der Waals surface area contributed by atoms with Gasteiger partial charge in [0.05, 0.1) is 22.4 Å². The van der Waals surface area contributed by atoms with E-state index >= 15 is 0 Å². The van der Waals surface area contributed by atoms with Crippen molar-refractivity contribution < 1.29 is 19.2 Å². The van der Waals surface area contributed by atoms with Crippen molar-refractivity contribution in [3.8, 4) is 0 Å². The first-order valence-electron chi connectivity index (χ1n) is 8.96. The Morgan fingerprint density at radius 2 is 1.74 bits per heavy atom. The van der Waals surface area contributed by atoms with E-state index in [0.29, 0.717) is 24.1 Å². The molecule has 4 amide bonds. The average molecular weight is 392 g/mol. The number of hydrogen-bond acceptors (Lipinski definition) is 4. The van der Waals surface area contributed by atoms with E-state index in [9.17, 15) is 19.2 Å². The fourth-order valence-corrected chi connectivity index (χ4v) is 4.00. The summed E-state index contributed by atoms with van der Waals surface area (Å²) in [5.74, 6) is -1.75. The van der Waals surface area contributed by atoms with E-state index in [2.05, 4.69) is 5.32 Å². The van der Waals surface area contributed by atoms with E-state index in [1.807, 2.05) is 0 Å². The number of likely N-dealkylation sites (tertiary alicyclic amines) is 1. The summed E-state index contributed by atoms with van der Waals surface area (Å²) >= 11 is 6.13. The number of benzene rings is 1. The molecule has 8 heteroatoms. The van der Waals surface area contributed by atoms with E-state index in [1.54, 1.807) is 20.2 Å². The Morgan fingerprint density at radius 1 is 1.15 bits per heavy atom. The molecule has 27 heavy (non-hydrogen) atoms. The van der Waals surface area contributed by atoms with Crippen molar-refractivity contribution in [1.29, 1.82) is 0 Å². The van der Waals surface area contributed by atoms with Crippen LogP contribution < -0.4 is 5.32 Å². The Morgan fingerprint density at radius 3 is 2.26 bits per heavy atom. The molecule has 0 radical (unpaired) electrons. The highest BCUT2D eigenvalue weighted by Gasteiger charge is 2.48. The van der Waals surface area contributed by atoms with Gasteiger partial charge in [-0.25, -0.2) is 0 Å². The molecule has 1 N–H and O–H groups in total. The van der Waals surface area contributed by atoms with E-state index in [-0.39, 0.29) is 41.1 Å². The highest BCUT2D eigenvalue weighted by Crippen LogP contribution is 2.37. The molecule has 2 fully saturated rings. The van der Waals surface area contributed by atoms with Gasteiger partial charge in [-0.3, -0.25) is 24.1 Å². The molecule has 3 rings (SSSR count). The van der Waals surface area contributed by atoms with Crippen LogP contribution in [0.4, 0.5) is 5.69 Å². The van der Waals surface area contributed by atoms with Crippen molar-refractivity contribution in [2.24, 2.45) is 11.8 Å². The molecule has 144 valence electrons. The molecule has 0 spiro atoms. The van der Waals surface area contributed by atoms with Crippen molar-refractivity contribution >= 4 is 40.9 Å². The topological polar surface area (TPSA) is 86.8 Å². The van der Waals surface area contributed by atoms with Gasteiger partial charge in [0, 0.05) is 19.8 Å². The Kier molecular flexibility index (Phi) is 5.51. The second-order valence-electron chi connectivity index (χ2n) is 7.20. The Bertz CT molecular complexity index is 784. The lowest BCUT2D eigenvalue weighted by Gasteiger charge is -2.19. The van der Waals surface area contributed by atoms with Gasteiger partial charge in [0.25, 0.3) is 5.91 Å². The number of rotatable bonds is 4. The number of nitrogens with zero attached hydrogens (tertiary/aromatic N) is 2. The van der Waals surface area contributed by atoms with Crippen LogP contribution in [0.2, 0.25) is 5.02 Å². The van der Waals surface area contributed by atoms with E-state index < -0.39 is 5.91 Å². The van der Waals surface area contributed by atoms with Crippen LogP contribution in [0.15, 0.2) is 18.2 Å². The maximum absolute atomic E-state index is 12.4. The average Bonchev–Trinajstić information content (AvgIpc) is 2.86. The highest BCUT2D eigenvalue weighted by molar-refractivity contribution is 6.34. The van der Waals surface area contributed by atoms with Gasteiger partial charge in [0.1, 0.15) is 6.54 Å². The van der Waals surface area contributed by atoms with Crippen LogP contribution in [0, 0.1) is 11.8 Å². The minimum absolute atomic E-state index is 0.214. The fourth-order valence-electron chi connectivity index (χ4n) is 3.74. The van der Waals surface area contributed by atoms with Gasteiger partial charge in [-0.15, -0.1) is 0 Å². The first-order valence-corrected chi connectivity index (χ1v) is 9.33. The minimum Gasteiger partial charge on any atom is -0.345 e. The van der Waals surface area contributed by atoms with Gasteiger partial charge in [-0.2, -0.15) is 0 Å². The number of amides is 4. The molecule has 7 nitrogen and oxygen atoms in total. The Hall–Kier alpha value is -2.41. The van der Waals surface area contributed by atoms with Crippen LogP contribution in [-0.2, 0) is 14.4 Å². The van der Waals surface area contributed by atoms with Crippen molar-refractivity contribution in [1.82, 2.24) is 9.80 Å². The molecule has 1 saturated carbocycles. The number of halogens is 1. The minimum atomic E-state index is -0.474. The van der Waals surface area contributed by atoms with Crippen LogP contribution in [0.3, 0.4) is 0 Å². The lowest BCUT2D eigenvalue weighted by molar-refractivity contribution is -0.142. The van der Waals surface area contributed by atoms with Gasteiger partial charge >= 0.3 is 0 Å². The molecular weight excluding hydrogens is 370 g/mol. The number of imide groups is 1. The molecular formula is C19H22ClN3O4. The summed E-state index contributed by atoms with van der Waals surface area (Å²) in [4.78, 5) is 51.7. The van der Waals surface area contributed by atoms with E-state index in [4.69, 9.17) is 11.6 Å². The molecule has 1 saturated heterocycles. The molecule has 1 aliphatic heterocycles. The smallest absolute Gasteiger partial charge is 0.254 e. The van der Waals surface area contributed by atoms with E-state index in [1.165, 1.54) is 17.0 Å². The van der Waals surface area contributed by atoms with Crippen LogP contribution in [-0.4, -0.2) is 54.1 Å². The predicted molar refractivity (Wildman–Crippen MR) is 100 cm³/mol. The molecule has 0 aromatic heterocycles. The van der Waals surface area contributed by atoms with Crippen LogP contribution in [0.25, 0.3) is 0 Å². The zero-order valence-electron chi connectivity index (χ0n) is 15.3. The lowest BCUT2D eigenvalue weighted by Crippen LogP contribution is -2.38. The lowest BCUT2D eigenvalue weighted by atomic mass is 9.81. The maximum atomic E-state index is 12.4. The molecule has 1 aliphatic carbocycles. The Balaban J connectivity index is 1.66. The third-order valence-corrected chi connectivity index (χ3v) is 5.44. The largest absolute Gasteiger partial charge is 0.345 e. The van der Waals surface area contributed by atoms with Gasteiger partial charge < -0.3 is 10.2 Å². The molecule has 1 aromatic carbocycles. The SMILES string of the molecule is CN(C)C(=O)c1ccc(NC(=O)CN2C(=O)C3CCCCC3C2=O)cc1Cl. The van der Waals surface area contributed by atoms with Gasteiger partial charge in [0.15, 0.2) is 0 Å². The van der Waals surface area contributed by atoms with Crippen molar-refractivity contribution in [3.05, 3.63) is 28.8 Å². The monoisotopic (exact) mass is 391 g/mol. The standard InChI is InChI=1S/C19H22ClN3O4/c1-22(2)17(25)14-8-7-11(9-15(14)20)21-16(24)10-23-18(26)12-5-3-4-6-13(12)19(23)27/h7-9,12-13H,3-6,10H2,1-2H3,(H,21,24). The van der Waals surface area contributed by atoms with Crippen molar-refractivity contribution in [3.63, 3.8) is 0 Å². The number of fused-ring (bicyclic) bond motifs is 1. The number of carbonyl (C=O) groups excluding carboxylic acids is 4. The summed E-state index contributed by atoms with van der Waals surface area (Å²) in [7, 11) is 3.24. The summed E-state index contributed by atoms with van der Waals surface area (Å²) in [6.07, 6.45) is 3.31. The third kappa shape index (κ3) is 3.83. The van der Waals surface area contributed by atoms with Crippen LogP contribution >= 0.6 is 11.6 Å². The highest BCUT2D eigenvalue weighted by atomic mass is 35.5. The first-order chi connectivity index (χ1) is 12.8. The number of nitrogens with one attached hydrogen (secondary N) is 1. The predicted octanol–water partition coefficient (Wildman–Crippen LogP) is 2.16. The summed E-state index contributed by atoms with van der Waals surface area (Å²) in [5, 5.41) is 2.85. The molecule has 1 aromatic rings. The molecule has 0 bridgehead atoms. The fraction of sp³-hybridized carbons (Fsp3) is 0.474. The summed E-state index contributed by atoms with van der Waals surface area (Å²) in [6.45, 7) is -0.305. The molecule has 2 unspecified atom stereocenters. The zero-order chi connectivity index (χ0) is 19.7. The summed E-state index contributed by atoms with van der Waals surface area (Å²) in [6, 6.07) is 4.57. The van der Waals surface area contributed by atoms with Crippen LogP contribution in [0.1, 0.15) is 36.0 Å². The van der Waals surface area contributed by atoms with Gasteiger partial charge in [-0.05, 0) is 31.0 Å². The molecule has 2 aliphatic rings. The van der Waals surface area contributed by atoms with Gasteiger partial charge in [-0.1, -0.05) is 24.4 Å². The summed E-state index contributed by atoms with van der Waals surface area (Å²) in [5.41, 5.74) is 0.727. The summed E-state index contributed by atoms with van der Waals surface area (Å²) < 4.78 is 0. The second kappa shape index (κ2) is 7.68. The number of anilines is 1. The quantitative estimate of drug-likeness (QED) is 0.797. The van der Waals surface area contributed by atoms with Crippen molar-refractivity contribution in [2.45, 2.75) is 25.7 Å². The van der Waals surface area contributed by atoms with Crippen LogP contribution in [0.5, 0.6) is 0 Å². The number of hydrogen-bond donors (Lipinski definition) is 1. The normalized spacial score (nSPS) is 21.8. The second-order valence-corrected chi connectivity index (χ2v) is 7.61.